The molecule has 4 aliphatic rings. The molecule has 4 aliphatic carbocycles. The van der Waals surface area contributed by atoms with Crippen molar-refractivity contribution in [3.63, 3.8) is 0 Å². The molecule has 25 heavy (non-hydrogen) atoms. The van der Waals surface area contributed by atoms with E-state index in [4.69, 9.17) is 4.74 Å². The Labute approximate surface area is 152 Å². The lowest BCUT2D eigenvalue weighted by atomic mass is 9.44. The van der Waals surface area contributed by atoms with Gasteiger partial charge in [-0.1, -0.05) is 13.8 Å². The van der Waals surface area contributed by atoms with Gasteiger partial charge in [0.15, 0.2) is 0 Å². The van der Waals surface area contributed by atoms with Crippen molar-refractivity contribution in [1.29, 1.82) is 0 Å². The summed E-state index contributed by atoms with van der Waals surface area (Å²) in [7, 11) is 1.88. The third kappa shape index (κ3) is 2.48. The third-order valence-corrected chi connectivity index (χ3v) is 9.34. The Bertz CT molecular complexity index is 545. The van der Waals surface area contributed by atoms with Crippen molar-refractivity contribution < 1.29 is 14.6 Å². The Hall–Kier alpha value is -0.410. The zero-order chi connectivity index (χ0) is 18.0. The number of ketones is 1. The molecule has 4 fully saturated rings. The Kier molecular flexibility index (Phi) is 4.35. The standard InChI is InChI=1S/C22H36O3/c1-13(23)17-7-8-18-16-6-5-14-11-15(24)9-10-21(14,2)20(16)19(25-4)12-22(17,18)3/h14-20,24H,5-12H2,1-4H3/t14-,15+,16-,17+,18-,19-,20+,21-,22+/m0/s1. The number of ether oxygens (including phenoxy) is 1. The van der Waals surface area contributed by atoms with Crippen molar-refractivity contribution in [2.24, 2.45) is 40.4 Å². The van der Waals surface area contributed by atoms with Gasteiger partial charge in [0.1, 0.15) is 5.78 Å². The molecule has 0 radical (unpaired) electrons. The highest BCUT2D eigenvalue weighted by Crippen LogP contribution is 2.67. The lowest BCUT2D eigenvalue weighted by Gasteiger charge is -2.62. The van der Waals surface area contributed by atoms with Gasteiger partial charge in [0, 0.05) is 13.0 Å². The van der Waals surface area contributed by atoms with Crippen molar-refractivity contribution >= 4 is 5.78 Å². The monoisotopic (exact) mass is 348 g/mol. The lowest BCUT2D eigenvalue weighted by Crippen LogP contribution is -2.59. The van der Waals surface area contributed by atoms with Gasteiger partial charge in [0.05, 0.1) is 12.2 Å². The van der Waals surface area contributed by atoms with Crippen LogP contribution in [0.15, 0.2) is 0 Å². The van der Waals surface area contributed by atoms with E-state index in [0.717, 1.165) is 32.1 Å². The van der Waals surface area contributed by atoms with Gasteiger partial charge in [0.2, 0.25) is 0 Å². The Morgan fingerprint density at radius 2 is 1.84 bits per heavy atom. The van der Waals surface area contributed by atoms with E-state index in [2.05, 4.69) is 13.8 Å². The molecule has 4 saturated carbocycles. The molecular weight excluding hydrogens is 312 g/mol. The van der Waals surface area contributed by atoms with Crippen LogP contribution in [0.3, 0.4) is 0 Å². The van der Waals surface area contributed by atoms with E-state index in [1.165, 1.54) is 19.3 Å². The van der Waals surface area contributed by atoms with E-state index in [1.54, 1.807) is 6.92 Å². The lowest BCUT2D eigenvalue weighted by molar-refractivity contribution is -0.186. The number of aliphatic hydroxyl groups excluding tert-OH is 1. The van der Waals surface area contributed by atoms with Crippen LogP contribution in [-0.2, 0) is 9.53 Å². The van der Waals surface area contributed by atoms with E-state index < -0.39 is 0 Å². The molecule has 3 heteroatoms. The molecule has 0 bridgehead atoms. The van der Waals surface area contributed by atoms with Crippen molar-refractivity contribution in [1.82, 2.24) is 0 Å². The summed E-state index contributed by atoms with van der Waals surface area (Å²) >= 11 is 0. The molecule has 0 heterocycles. The molecule has 0 saturated heterocycles. The Morgan fingerprint density at radius 1 is 1.08 bits per heavy atom. The van der Waals surface area contributed by atoms with Crippen LogP contribution in [0.25, 0.3) is 0 Å². The van der Waals surface area contributed by atoms with Gasteiger partial charge in [-0.3, -0.25) is 4.79 Å². The molecule has 0 aromatic heterocycles. The van der Waals surface area contributed by atoms with Crippen LogP contribution in [-0.4, -0.2) is 30.2 Å². The fraction of sp³-hybridized carbons (Fsp3) is 0.955. The third-order valence-electron chi connectivity index (χ3n) is 9.34. The molecule has 0 aromatic rings. The summed E-state index contributed by atoms with van der Waals surface area (Å²) in [5.41, 5.74) is 0.434. The van der Waals surface area contributed by atoms with Crippen LogP contribution >= 0.6 is 0 Å². The van der Waals surface area contributed by atoms with Crippen LogP contribution in [0.2, 0.25) is 0 Å². The quantitative estimate of drug-likeness (QED) is 0.813. The maximum atomic E-state index is 12.3. The first-order valence-electron chi connectivity index (χ1n) is 10.5. The average Bonchev–Trinajstić information content (AvgIpc) is 2.91. The summed E-state index contributed by atoms with van der Waals surface area (Å²) in [4.78, 5) is 12.3. The van der Waals surface area contributed by atoms with Crippen molar-refractivity contribution in [2.75, 3.05) is 7.11 Å². The second kappa shape index (κ2) is 6.05. The molecule has 3 nitrogen and oxygen atoms in total. The summed E-state index contributed by atoms with van der Waals surface area (Å²) in [5, 5.41) is 10.2. The van der Waals surface area contributed by atoms with E-state index >= 15 is 0 Å². The number of Topliss-reactive ketones (excluding diaryl/α,β-unsaturated/α-hetero) is 1. The molecule has 0 amide bonds. The molecule has 4 rings (SSSR count). The molecule has 142 valence electrons. The fourth-order valence-electron chi connectivity index (χ4n) is 8.22. The first kappa shape index (κ1) is 18.0. The van der Waals surface area contributed by atoms with Crippen LogP contribution in [0.5, 0.6) is 0 Å². The van der Waals surface area contributed by atoms with Gasteiger partial charge >= 0.3 is 0 Å². The zero-order valence-electron chi connectivity index (χ0n) is 16.5. The minimum Gasteiger partial charge on any atom is -0.393 e. The number of methoxy groups -OCH3 is 1. The Morgan fingerprint density at radius 3 is 2.52 bits per heavy atom. The highest BCUT2D eigenvalue weighted by Gasteiger charge is 2.63. The second-order valence-electron chi connectivity index (χ2n) is 10.2. The first-order chi connectivity index (χ1) is 11.8. The van der Waals surface area contributed by atoms with Gasteiger partial charge in [-0.05, 0) is 92.8 Å². The minimum absolute atomic E-state index is 0.0990. The summed E-state index contributed by atoms with van der Waals surface area (Å²) < 4.78 is 6.13. The SMILES string of the molecule is CO[C@H]1C[C@]2(C)[C@@H](C(C)=O)CC[C@H]2[C@@H]2CC[C@H]3C[C@H](O)CC[C@]3(C)[C@H]21. The molecule has 0 spiro atoms. The van der Waals surface area contributed by atoms with Gasteiger partial charge in [-0.15, -0.1) is 0 Å². The van der Waals surface area contributed by atoms with E-state index in [9.17, 15) is 9.90 Å². The molecular formula is C22H36O3. The smallest absolute Gasteiger partial charge is 0.133 e. The topological polar surface area (TPSA) is 46.5 Å². The maximum absolute atomic E-state index is 12.3. The Balaban J connectivity index is 1.70. The van der Waals surface area contributed by atoms with E-state index in [1.807, 2.05) is 7.11 Å². The number of fused-ring (bicyclic) bond motifs is 5. The van der Waals surface area contributed by atoms with Crippen molar-refractivity contribution in [2.45, 2.75) is 84.3 Å². The summed E-state index contributed by atoms with van der Waals surface area (Å²) in [5.74, 6) is 3.25. The summed E-state index contributed by atoms with van der Waals surface area (Å²) in [6, 6.07) is 0. The van der Waals surface area contributed by atoms with Crippen molar-refractivity contribution in [3.05, 3.63) is 0 Å². The van der Waals surface area contributed by atoms with Crippen LogP contribution in [0.4, 0.5) is 0 Å². The zero-order valence-corrected chi connectivity index (χ0v) is 16.5. The molecule has 1 N–H and O–H groups in total. The van der Waals surface area contributed by atoms with E-state index in [-0.39, 0.29) is 23.5 Å². The van der Waals surface area contributed by atoms with E-state index in [0.29, 0.717) is 34.9 Å². The molecule has 0 aliphatic heterocycles. The minimum atomic E-state index is -0.0990. The predicted molar refractivity (Wildman–Crippen MR) is 98.1 cm³/mol. The van der Waals surface area contributed by atoms with Gasteiger partial charge < -0.3 is 9.84 Å². The summed E-state index contributed by atoms with van der Waals surface area (Å²) in [6.07, 6.45) is 9.11. The predicted octanol–water partition coefficient (Wildman–Crippen LogP) is 4.22. The van der Waals surface area contributed by atoms with Gasteiger partial charge in [-0.2, -0.15) is 0 Å². The summed E-state index contributed by atoms with van der Waals surface area (Å²) in [6.45, 7) is 6.68. The highest BCUT2D eigenvalue weighted by molar-refractivity contribution is 5.79. The number of hydrogen-bond donors (Lipinski definition) is 1. The van der Waals surface area contributed by atoms with Gasteiger partial charge in [-0.25, -0.2) is 0 Å². The molecule has 0 unspecified atom stereocenters. The number of carbonyl (C=O) groups excluding carboxylic acids is 1. The fourth-order valence-corrected chi connectivity index (χ4v) is 8.22. The molecule has 0 aromatic carbocycles. The first-order valence-corrected chi connectivity index (χ1v) is 10.5. The highest BCUT2D eigenvalue weighted by atomic mass is 16.5. The van der Waals surface area contributed by atoms with Crippen molar-refractivity contribution in [3.8, 4) is 0 Å². The number of carbonyl (C=O) groups is 1. The van der Waals surface area contributed by atoms with Gasteiger partial charge in [0.25, 0.3) is 0 Å². The largest absolute Gasteiger partial charge is 0.393 e. The normalized spacial score (nSPS) is 55.2. The molecule has 9 atom stereocenters. The van der Waals surface area contributed by atoms with Crippen LogP contribution < -0.4 is 0 Å². The number of hydrogen-bond acceptors (Lipinski definition) is 3. The average molecular weight is 349 g/mol. The number of rotatable bonds is 2. The van der Waals surface area contributed by atoms with Crippen LogP contribution in [0, 0.1) is 40.4 Å². The second-order valence-corrected chi connectivity index (χ2v) is 10.2. The maximum Gasteiger partial charge on any atom is 0.133 e. The number of aliphatic hydroxyl groups is 1. The van der Waals surface area contributed by atoms with Crippen LogP contribution in [0.1, 0.15) is 72.1 Å².